The van der Waals surface area contributed by atoms with Crippen molar-refractivity contribution in [1.82, 2.24) is 4.98 Å². The van der Waals surface area contributed by atoms with Crippen molar-refractivity contribution in [2.45, 2.75) is 6.92 Å². The molecule has 0 fully saturated rings. The van der Waals surface area contributed by atoms with E-state index in [0.29, 0.717) is 28.7 Å². The van der Waals surface area contributed by atoms with E-state index in [1.165, 1.54) is 29.5 Å². The summed E-state index contributed by atoms with van der Waals surface area (Å²) in [6, 6.07) is 10.7. The Bertz CT molecular complexity index is 903. The molecule has 1 aromatic heterocycles. The van der Waals surface area contributed by atoms with E-state index in [0.717, 1.165) is 0 Å². The first-order valence-electron chi connectivity index (χ1n) is 7.46. The SMILES string of the molecule is Br.CCOc1ccc(-c2csc(Nc3ccc(F)cc3)n2)cc1[N+](=O)[O-]. The molecular weight excluding hydrogens is 425 g/mol. The monoisotopic (exact) mass is 439 g/mol. The molecule has 1 heterocycles. The summed E-state index contributed by atoms with van der Waals surface area (Å²) in [5.74, 6) is -0.0804. The maximum atomic E-state index is 12.9. The number of nitrogens with zero attached hydrogens (tertiary/aromatic N) is 2. The van der Waals surface area contributed by atoms with Gasteiger partial charge in [-0.1, -0.05) is 0 Å². The molecule has 0 aliphatic rings. The third kappa shape index (κ3) is 4.55. The summed E-state index contributed by atoms with van der Waals surface area (Å²) in [5.41, 5.74) is 1.85. The van der Waals surface area contributed by atoms with E-state index in [4.69, 9.17) is 4.74 Å². The number of benzene rings is 2. The third-order valence-corrected chi connectivity index (χ3v) is 4.11. The lowest BCUT2D eigenvalue weighted by molar-refractivity contribution is -0.385. The number of halogens is 2. The number of aromatic nitrogens is 1. The van der Waals surface area contributed by atoms with Gasteiger partial charge in [-0.2, -0.15) is 0 Å². The van der Waals surface area contributed by atoms with E-state index in [1.54, 1.807) is 36.6 Å². The van der Waals surface area contributed by atoms with E-state index < -0.39 is 4.92 Å². The summed E-state index contributed by atoms with van der Waals surface area (Å²) in [6.07, 6.45) is 0. The Kier molecular flexibility index (Phi) is 6.64. The molecular formula is C17H15BrFN3O3S. The number of thiazole rings is 1. The average Bonchev–Trinajstić information content (AvgIpc) is 3.06. The number of hydrogen-bond acceptors (Lipinski definition) is 6. The van der Waals surface area contributed by atoms with E-state index in [-0.39, 0.29) is 34.2 Å². The second-order valence-electron chi connectivity index (χ2n) is 5.04. The highest BCUT2D eigenvalue weighted by Crippen LogP contribution is 2.34. The Balaban J connectivity index is 0.00000243. The van der Waals surface area contributed by atoms with Gasteiger partial charge in [-0.3, -0.25) is 10.1 Å². The van der Waals surface area contributed by atoms with Crippen LogP contribution >= 0.6 is 28.3 Å². The molecule has 0 atom stereocenters. The van der Waals surface area contributed by atoms with Gasteiger partial charge in [0.15, 0.2) is 10.9 Å². The van der Waals surface area contributed by atoms with Crippen molar-refractivity contribution >= 4 is 44.8 Å². The van der Waals surface area contributed by atoms with Crippen LogP contribution in [0.2, 0.25) is 0 Å². The first-order valence-corrected chi connectivity index (χ1v) is 8.34. The van der Waals surface area contributed by atoms with E-state index >= 15 is 0 Å². The number of nitrogens with one attached hydrogen (secondary N) is 1. The fourth-order valence-corrected chi connectivity index (χ4v) is 2.96. The molecule has 26 heavy (non-hydrogen) atoms. The highest BCUT2D eigenvalue weighted by Gasteiger charge is 2.17. The lowest BCUT2D eigenvalue weighted by Gasteiger charge is -2.05. The van der Waals surface area contributed by atoms with Crippen molar-refractivity contribution < 1.29 is 14.1 Å². The van der Waals surface area contributed by atoms with Gasteiger partial charge in [0, 0.05) is 22.7 Å². The van der Waals surface area contributed by atoms with Gasteiger partial charge in [-0.15, -0.1) is 28.3 Å². The van der Waals surface area contributed by atoms with Crippen LogP contribution < -0.4 is 10.1 Å². The zero-order valence-corrected chi connectivity index (χ0v) is 16.2. The van der Waals surface area contributed by atoms with E-state index in [1.807, 2.05) is 0 Å². The van der Waals surface area contributed by atoms with E-state index in [2.05, 4.69) is 10.3 Å². The topological polar surface area (TPSA) is 77.3 Å². The fourth-order valence-electron chi connectivity index (χ4n) is 2.22. The Morgan fingerprint density at radius 1 is 1.27 bits per heavy atom. The van der Waals surface area contributed by atoms with Gasteiger partial charge in [0.25, 0.3) is 0 Å². The molecule has 0 bridgehead atoms. The van der Waals surface area contributed by atoms with Gasteiger partial charge in [0.1, 0.15) is 5.82 Å². The van der Waals surface area contributed by atoms with Crippen LogP contribution in [0.4, 0.5) is 20.9 Å². The second-order valence-corrected chi connectivity index (χ2v) is 5.90. The number of nitro benzene ring substituents is 1. The standard InChI is InChI=1S/C17H14FN3O3S.BrH/c1-2-24-16-8-3-11(9-15(16)21(22)23)14-10-25-17(20-14)19-13-6-4-12(18)5-7-13;/h3-10H,2H2,1H3,(H,19,20);1H. The van der Waals surface area contributed by atoms with Crippen LogP contribution in [0.5, 0.6) is 5.75 Å². The first kappa shape index (κ1) is 19.8. The minimum absolute atomic E-state index is 0. The minimum atomic E-state index is -0.474. The zero-order valence-electron chi connectivity index (χ0n) is 13.6. The minimum Gasteiger partial charge on any atom is -0.487 e. The van der Waals surface area contributed by atoms with Crippen LogP contribution in [0, 0.1) is 15.9 Å². The van der Waals surface area contributed by atoms with Gasteiger partial charge in [-0.25, -0.2) is 9.37 Å². The normalized spacial score (nSPS) is 10.1. The smallest absolute Gasteiger partial charge is 0.311 e. The summed E-state index contributed by atoms with van der Waals surface area (Å²) in [4.78, 5) is 15.2. The lowest BCUT2D eigenvalue weighted by Crippen LogP contribution is -1.97. The molecule has 0 unspecified atom stereocenters. The van der Waals surface area contributed by atoms with Gasteiger partial charge in [0.05, 0.1) is 17.2 Å². The first-order chi connectivity index (χ1) is 12.1. The Labute approximate surface area is 163 Å². The molecule has 2 aromatic carbocycles. The highest BCUT2D eigenvalue weighted by atomic mass is 79.9. The summed E-state index contributed by atoms with van der Waals surface area (Å²) in [7, 11) is 0. The van der Waals surface area contributed by atoms with Crippen LogP contribution in [-0.4, -0.2) is 16.5 Å². The van der Waals surface area contributed by atoms with Crippen molar-refractivity contribution in [1.29, 1.82) is 0 Å². The summed E-state index contributed by atoms with van der Waals surface area (Å²) >= 11 is 1.36. The quantitative estimate of drug-likeness (QED) is 0.400. The fraction of sp³-hybridized carbons (Fsp3) is 0.118. The number of ether oxygens (including phenoxy) is 1. The molecule has 3 rings (SSSR count). The zero-order chi connectivity index (χ0) is 17.8. The van der Waals surface area contributed by atoms with Gasteiger partial charge in [-0.05, 0) is 43.3 Å². The molecule has 6 nitrogen and oxygen atoms in total. The summed E-state index contributed by atoms with van der Waals surface area (Å²) in [5, 5.41) is 16.7. The molecule has 0 aliphatic carbocycles. The van der Waals surface area contributed by atoms with Crippen LogP contribution in [-0.2, 0) is 0 Å². The van der Waals surface area contributed by atoms with Crippen LogP contribution in [0.1, 0.15) is 6.92 Å². The average molecular weight is 440 g/mol. The Morgan fingerprint density at radius 2 is 2.00 bits per heavy atom. The number of nitro groups is 1. The lowest BCUT2D eigenvalue weighted by atomic mass is 10.1. The Hall–Kier alpha value is -2.52. The predicted molar refractivity (Wildman–Crippen MR) is 105 cm³/mol. The Morgan fingerprint density at radius 3 is 2.65 bits per heavy atom. The van der Waals surface area contributed by atoms with Crippen molar-refractivity contribution in [3.8, 4) is 17.0 Å². The van der Waals surface area contributed by atoms with Gasteiger partial charge >= 0.3 is 5.69 Å². The molecule has 1 N–H and O–H groups in total. The molecule has 0 saturated heterocycles. The van der Waals surface area contributed by atoms with Crippen LogP contribution in [0.15, 0.2) is 47.8 Å². The second kappa shape index (κ2) is 8.72. The van der Waals surface area contributed by atoms with Gasteiger partial charge < -0.3 is 10.1 Å². The number of anilines is 2. The van der Waals surface area contributed by atoms with Crippen molar-refractivity contribution in [2.24, 2.45) is 0 Å². The third-order valence-electron chi connectivity index (χ3n) is 3.35. The summed E-state index contributed by atoms with van der Waals surface area (Å²) < 4.78 is 18.2. The summed E-state index contributed by atoms with van der Waals surface area (Å²) in [6.45, 7) is 2.12. The predicted octanol–water partition coefficient (Wildman–Crippen LogP) is 5.58. The van der Waals surface area contributed by atoms with Crippen LogP contribution in [0.25, 0.3) is 11.3 Å². The molecule has 0 aliphatic heterocycles. The van der Waals surface area contributed by atoms with Crippen molar-refractivity contribution in [3.05, 3.63) is 63.8 Å². The number of rotatable bonds is 6. The highest BCUT2D eigenvalue weighted by molar-refractivity contribution is 8.93. The molecule has 0 amide bonds. The number of hydrogen-bond donors (Lipinski definition) is 1. The largest absolute Gasteiger partial charge is 0.487 e. The van der Waals surface area contributed by atoms with Crippen molar-refractivity contribution in [2.75, 3.05) is 11.9 Å². The van der Waals surface area contributed by atoms with Crippen molar-refractivity contribution in [3.63, 3.8) is 0 Å². The van der Waals surface area contributed by atoms with Gasteiger partial charge in [0.2, 0.25) is 0 Å². The molecule has 0 radical (unpaired) electrons. The molecule has 9 heteroatoms. The molecule has 136 valence electrons. The maximum Gasteiger partial charge on any atom is 0.311 e. The van der Waals surface area contributed by atoms with Crippen LogP contribution in [0.3, 0.4) is 0 Å². The maximum absolute atomic E-state index is 12.9. The molecule has 3 aromatic rings. The molecule has 0 spiro atoms. The molecule has 0 saturated carbocycles. The van der Waals surface area contributed by atoms with E-state index in [9.17, 15) is 14.5 Å².